The zero-order valence-electron chi connectivity index (χ0n) is 15.5. The number of amides is 3. The van der Waals surface area contributed by atoms with Crippen LogP contribution in [0.25, 0.3) is 10.6 Å². The minimum absolute atomic E-state index is 0.0459. The van der Waals surface area contributed by atoms with Crippen LogP contribution in [0.3, 0.4) is 0 Å². The second-order valence-electron chi connectivity index (χ2n) is 7.26. The number of hydrogen-bond acceptors (Lipinski definition) is 7. The molecule has 9 heteroatoms. The van der Waals surface area contributed by atoms with Gasteiger partial charge in [-0.25, -0.2) is 4.79 Å². The van der Waals surface area contributed by atoms with E-state index in [4.69, 9.17) is 9.26 Å². The number of hydrogen-bond donors (Lipinski definition) is 1. The van der Waals surface area contributed by atoms with Crippen LogP contribution in [0.15, 0.2) is 28.1 Å². The maximum absolute atomic E-state index is 12.9. The van der Waals surface area contributed by atoms with Gasteiger partial charge in [0.1, 0.15) is 24.4 Å². The van der Waals surface area contributed by atoms with Gasteiger partial charge in [0.2, 0.25) is 0 Å². The molecule has 1 N–H and O–H groups in total. The average Bonchev–Trinajstić information content (AvgIpc) is 3.40. The molecule has 2 aliphatic rings. The molecule has 2 aromatic rings. The van der Waals surface area contributed by atoms with Gasteiger partial charge in [0, 0.05) is 6.07 Å². The van der Waals surface area contributed by atoms with E-state index in [1.165, 1.54) is 11.3 Å². The third kappa shape index (κ3) is 3.30. The van der Waals surface area contributed by atoms with Crippen LogP contribution in [0.2, 0.25) is 0 Å². The zero-order chi connectivity index (χ0) is 19.7. The first-order valence-corrected chi connectivity index (χ1v) is 10.2. The molecule has 4 rings (SSSR count). The van der Waals surface area contributed by atoms with Gasteiger partial charge in [-0.15, -0.1) is 11.3 Å². The highest BCUT2D eigenvalue weighted by Crippen LogP contribution is 2.38. The van der Waals surface area contributed by atoms with E-state index >= 15 is 0 Å². The molecule has 1 saturated carbocycles. The third-order valence-corrected chi connectivity index (χ3v) is 6.38. The lowest BCUT2D eigenvalue weighted by atomic mass is 9.73. The molecule has 2 fully saturated rings. The normalized spacial score (nSPS) is 24.6. The van der Waals surface area contributed by atoms with Crippen molar-refractivity contribution in [3.8, 4) is 10.6 Å². The first kappa shape index (κ1) is 18.7. The number of rotatable bonds is 5. The molecule has 2 aromatic heterocycles. The van der Waals surface area contributed by atoms with Crippen LogP contribution < -0.4 is 5.32 Å². The van der Waals surface area contributed by atoms with Crippen LogP contribution in [0.1, 0.15) is 38.3 Å². The molecule has 148 valence electrons. The van der Waals surface area contributed by atoms with Crippen molar-refractivity contribution in [2.45, 2.75) is 44.8 Å². The lowest BCUT2D eigenvalue weighted by Gasteiger charge is -2.36. The topological polar surface area (TPSA) is 102 Å². The van der Waals surface area contributed by atoms with Gasteiger partial charge in [0.25, 0.3) is 5.91 Å². The molecule has 3 heterocycles. The van der Waals surface area contributed by atoms with Gasteiger partial charge in [-0.1, -0.05) is 31.0 Å². The highest BCUT2D eigenvalue weighted by atomic mass is 32.1. The number of carbonyl (C=O) groups excluding carboxylic acids is 3. The minimum Gasteiger partial charge on any atom is -0.458 e. The predicted octanol–water partition coefficient (Wildman–Crippen LogP) is 2.95. The van der Waals surface area contributed by atoms with E-state index in [1.807, 2.05) is 24.4 Å². The summed E-state index contributed by atoms with van der Waals surface area (Å²) >= 11 is 1.52. The average molecular weight is 403 g/mol. The van der Waals surface area contributed by atoms with Crippen LogP contribution in [0.5, 0.6) is 0 Å². The summed E-state index contributed by atoms with van der Waals surface area (Å²) in [7, 11) is 0. The van der Waals surface area contributed by atoms with Gasteiger partial charge in [0.15, 0.2) is 5.76 Å². The molecule has 0 bridgehead atoms. The molecule has 0 aromatic carbocycles. The van der Waals surface area contributed by atoms with Crippen molar-refractivity contribution in [1.29, 1.82) is 0 Å². The summed E-state index contributed by atoms with van der Waals surface area (Å²) in [6, 6.07) is 4.98. The van der Waals surface area contributed by atoms with Crippen LogP contribution in [-0.2, 0) is 20.9 Å². The van der Waals surface area contributed by atoms with E-state index in [0.717, 1.165) is 29.0 Å². The number of ether oxygens (including phenoxy) is 1. The molecule has 1 saturated heterocycles. The minimum atomic E-state index is -0.878. The van der Waals surface area contributed by atoms with Gasteiger partial charge in [-0.05, 0) is 30.2 Å². The van der Waals surface area contributed by atoms with Gasteiger partial charge in [-0.3, -0.25) is 14.5 Å². The molecule has 0 unspecified atom stereocenters. The zero-order valence-corrected chi connectivity index (χ0v) is 16.3. The Bertz CT molecular complexity index is 893. The van der Waals surface area contributed by atoms with Crippen molar-refractivity contribution >= 4 is 29.2 Å². The summed E-state index contributed by atoms with van der Waals surface area (Å²) in [6.07, 6.45) is 3.41. The van der Waals surface area contributed by atoms with Crippen molar-refractivity contribution in [3.05, 3.63) is 29.3 Å². The largest absolute Gasteiger partial charge is 0.458 e. The fraction of sp³-hybridized carbons (Fsp3) is 0.474. The summed E-state index contributed by atoms with van der Waals surface area (Å²) < 4.78 is 10.4. The number of carbonyl (C=O) groups is 3. The number of thiophene rings is 1. The van der Waals surface area contributed by atoms with Crippen molar-refractivity contribution in [1.82, 2.24) is 15.4 Å². The Morgan fingerprint density at radius 3 is 3.07 bits per heavy atom. The fourth-order valence-electron chi connectivity index (χ4n) is 3.88. The van der Waals surface area contributed by atoms with E-state index in [0.29, 0.717) is 17.9 Å². The summed E-state index contributed by atoms with van der Waals surface area (Å²) in [5, 5.41) is 8.63. The lowest BCUT2D eigenvalue weighted by molar-refractivity contribution is -0.149. The number of imide groups is 1. The van der Waals surface area contributed by atoms with E-state index < -0.39 is 24.1 Å². The van der Waals surface area contributed by atoms with Crippen LogP contribution in [0.4, 0.5) is 4.79 Å². The molecule has 3 amide bonds. The standard InChI is InChI=1S/C19H21N3O5S/c1-12-5-2-3-7-19(12)17(24)22(18(25)20-19)10-16(23)26-11-13-9-14(27-21-13)15-6-4-8-28-15/h4,6,8-9,12H,2-3,5,7,10-11H2,1H3,(H,20,25)/t12-,19-/m0/s1. The number of nitrogens with zero attached hydrogens (tertiary/aromatic N) is 2. The first-order valence-electron chi connectivity index (χ1n) is 9.29. The molecular formula is C19H21N3O5S. The van der Waals surface area contributed by atoms with Crippen LogP contribution >= 0.6 is 11.3 Å². The van der Waals surface area contributed by atoms with Crippen molar-refractivity contribution < 1.29 is 23.6 Å². The molecule has 28 heavy (non-hydrogen) atoms. The monoisotopic (exact) mass is 403 g/mol. The van der Waals surface area contributed by atoms with Gasteiger partial charge in [-0.2, -0.15) is 0 Å². The van der Waals surface area contributed by atoms with Crippen molar-refractivity contribution in [2.75, 3.05) is 6.54 Å². The Morgan fingerprint density at radius 2 is 2.32 bits per heavy atom. The Kier molecular flexibility index (Phi) is 4.92. The Hall–Kier alpha value is -2.68. The van der Waals surface area contributed by atoms with Crippen molar-refractivity contribution in [2.24, 2.45) is 5.92 Å². The maximum atomic E-state index is 12.9. The number of aromatic nitrogens is 1. The molecule has 0 radical (unpaired) electrons. The van der Waals surface area contributed by atoms with E-state index in [9.17, 15) is 14.4 Å². The smallest absolute Gasteiger partial charge is 0.326 e. The summed E-state index contributed by atoms with van der Waals surface area (Å²) in [4.78, 5) is 39.3. The molecular weight excluding hydrogens is 382 g/mol. The summed E-state index contributed by atoms with van der Waals surface area (Å²) in [5.74, 6) is -0.347. The van der Waals surface area contributed by atoms with Gasteiger partial charge in [0.05, 0.1) is 4.88 Å². The van der Waals surface area contributed by atoms with E-state index in [1.54, 1.807) is 6.07 Å². The summed E-state index contributed by atoms with van der Waals surface area (Å²) in [5.41, 5.74) is -0.413. The van der Waals surface area contributed by atoms with E-state index in [2.05, 4.69) is 10.5 Å². The Balaban J connectivity index is 1.35. The van der Waals surface area contributed by atoms with Crippen LogP contribution in [0, 0.1) is 5.92 Å². The van der Waals surface area contributed by atoms with Crippen molar-refractivity contribution in [3.63, 3.8) is 0 Å². The fourth-order valence-corrected chi connectivity index (χ4v) is 4.56. The Labute approximate surface area is 165 Å². The highest BCUT2D eigenvalue weighted by molar-refractivity contribution is 7.13. The second-order valence-corrected chi connectivity index (χ2v) is 8.21. The van der Waals surface area contributed by atoms with E-state index in [-0.39, 0.29) is 18.4 Å². The summed E-state index contributed by atoms with van der Waals surface area (Å²) in [6.45, 7) is 1.47. The molecule has 1 aliphatic carbocycles. The number of nitrogens with one attached hydrogen (secondary N) is 1. The molecule has 8 nitrogen and oxygen atoms in total. The second kappa shape index (κ2) is 7.38. The van der Waals surface area contributed by atoms with Gasteiger partial charge < -0.3 is 14.6 Å². The Morgan fingerprint density at radius 1 is 1.46 bits per heavy atom. The lowest BCUT2D eigenvalue weighted by Crippen LogP contribution is -2.54. The maximum Gasteiger partial charge on any atom is 0.326 e. The SMILES string of the molecule is C[C@H]1CCCC[C@]12NC(=O)N(CC(=O)OCc1cc(-c3cccs3)on1)C2=O. The quantitative estimate of drug-likeness (QED) is 0.608. The first-order chi connectivity index (χ1) is 13.5. The molecule has 2 atom stereocenters. The third-order valence-electron chi connectivity index (χ3n) is 5.49. The highest BCUT2D eigenvalue weighted by Gasteiger charge is 2.55. The van der Waals surface area contributed by atoms with Crippen LogP contribution in [-0.4, -0.2) is 40.0 Å². The molecule has 1 spiro atoms. The predicted molar refractivity (Wildman–Crippen MR) is 100 cm³/mol. The number of esters is 1. The number of urea groups is 1. The molecule has 1 aliphatic heterocycles. The van der Waals surface area contributed by atoms with Gasteiger partial charge >= 0.3 is 12.0 Å².